The predicted molar refractivity (Wildman–Crippen MR) is 474 cm³/mol. The molecule has 2 N–H and O–H groups in total. The molecule has 109 heavy (non-hydrogen) atoms. The van der Waals surface area contributed by atoms with Gasteiger partial charge in [-0.15, -0.1) is 0 Å². The van der Waals surface area contributed by atoms with Crippen molar-refractivity contribution >= 4 is 136 Å². The van der Waals surface area contributed by atoms with Crippen molar-refractivity contribution in [2.45, 2.75) is 0 Å². The zero-order valence-corrected chi connectivity index (χ0v) is 66.7. The molecule has 11 heteroatoms. The fourth-order valence-electron chi connectivity index (χ4n) is 11.3. The maximum absolute atomic E-state index is 10.6. The van der Waals surface area contributed by atoms with Gasteiger partial charge in [-0.05, 0) is 130 Å². The SMILES string of the molecule is O=Cc1cccc(-c2ccccc2)c1.O=Cc1cccc(Br)c1.OB(O)c1ccccc1.[Pd].c1ccc(P(c2ccccc2)c2ccccc2)cc1.c1ccc(P(c2ccccc2)c2ccccc2)cc1.c1ccc(P(c2ccccc2)c2ccccc2)cc1.c1ccc(P(c2ccccc2)c2ccccc2)cc1. The van der Waals surface area contributed by atoms with E-state index in [4.69, 9.17) is 10.0 Å². The fourth-order valence-corrected chi connectivity index (χ4v) is 21.0. The number of hydrogen-bond donors (Lipinski definition) is 2. The maximum Gasteiger partial charge on any atom is 0.488 e. The molecule has 16 rings (SSSR count). The summed E-state index contributed by atoms with van der Waals surface area (Å²) in [5, 5.41) is 33.9. The van der Waals surface area contributed by atoms with Crippen LogP contribution in [0.2, 0.25) is 0 Å². The first-order valence-electron chi connectivity index (χ1n) is 35.4. The molecular formula is C98H82BBrO4P4Pd. The number of benzene rings is 16. The van der Waals surface area contributed by atoms with E-state index in [2.05, 4.69) is 380 Å². The second-order valence-corrected chi connectivity index (χ2v) is 33.7. The van der Waals surface area contributed by atoms with E-state index < -0.39 is 38.8 Å². The number of hydrogen-bond acceptors (Lipinski definition) is 4. The normalized spacial score (nSPS) is 10.1. The first-order chi connectivity index (χ1) is 53.3. The van der Waals surface area contributed by atoms with E-state index in [1.54, 1.807) is 42.5 Å². The molecule has 0 unspecified atom stereocenters. The number of rotatable bonds is 16. The van der Waals surface area contributed by atoms with Crippen LogP contribution in [0.4, 0.5) is 0 Å². The summed E-state index contributed by atoms with van der Waals surface area (Å²) in [6.07, 6.45) is 1.69. The molecule has 4 nitrogen and oxygen atoms in total. The maximum atomic E-state index is 10.6. The van der Waals surface area contributed by atoms with Crippen LogP contribution in [-0.2, 0) is 20.4 Å². The van der Waals surface area contributed by atoms with E-state index in [9.17, 15) is 9.59 Å². The van der Waals surface area contributed by atoms with Gasteiger partial charge < -0.3 is 10.0 Å². The Bertz CT molecular complexity index is 4250. The standard InChI is InChI=1S/4C18H15P.C13H10O.C7H5BrO.C6H7BO2.Pd/c4*1-4-10-16(11-5-1)19(17-12-6-2-7-13-17)18-14-8-3-9-15-18;14-10-11-5-4-8-13(9-11)12-6-2-1-3-7-12;8-7-3-1-2-6(4-7)5-9;8-7(9)6-4-2-1-3-5-6;/h4*1-15H;1-10H;1-5H;1-5,8-9H;. The average Bonchev–Trinajstić information content (AvgIpc) is 0.835. The van der Waals surface area contributed by atoms with Crippen LogP contribution >= 0.6 is 47.6 Å². The van der Waals surface area contributed by atoms with Gasteiger partial charge in [0, 0.05) is 36.0 Å². The minimum atomic E-state index is -1.34. The van der Waals surface area contributed by atoms with Crippen molar-refractivity contribution in [2.75, 3.05) is 0 Å². The van der Waals surface area contributed by atoms with Crippen molar-refractivity contribution in [1.82, 2.24) is 0 Å². The third kappa shape index (κ3) is 27.1. The van der Waals surface area contributed by atoms with Crippen molar-refractivity contribution < 1.29 is 40.1 Å². The number of carbonyl (C=O) groups excluding carboxylic acids is 2. The molecule has 0 saturated heterocycles. The van der Waals surface area contributed by atoms with Crippen molar-refractivity contribution in [3.8, 4) is 11.1 Å². The van der Waals surface area contributed by atoms with Crippen LogP contribution in [0.5, 0.6) is 0 Å². The Morgan fingerprint density at radius 2 is 0.385 bits per heavy atom. The zero-order chi connectivity index (χ0) is 74.8. The Labute approximate surface area is 671 Å². The first kappa shape index (κ1) is 82.8. The van der Waals surface area contributed by atoms with Crippen molar-refractivity contribution in [1.29, 1.82) is 0 Å². The molecule has 16 aromatic carbocycles. The molecule has 16 aromatic rings. The Morgan fingerprint density at radius 1 is 0.211 bits per heavy atom. The molecule has 0 aliphatic rings. The predicted octanol–water partition coefficient (Wildman–Crippen LogP) is 18.6. The monoisotopic (exact) mass is 1640 g/mol. The van der Waals surface area contributed by atoms with Crippen molar-refractivity contribution in [3.05, 3.63) is 489 Å². The average molecular weight is 1640 g/mol. The van der Waals surface area contributed by atoms with Crippen LogP contribution in [0.3, 0.4) is 0 Å². The van der Waals surface area contributed by atoms with E-state index in [0.29, 0.717) is 16.6 Å². The molecule has 0 aliphatic heterocycles. The molecule has 538 valence electrons. The van der Waals surface area contributed by atoms with Crippen LogP contribution in [0, 0.1) is 0 Å². The van der Waals surface area contributed by atoms with Crippen LogP contribution in [0.1, 0.15) is 20.7 Å². The van der Waals surface area contributed by atoms with E-state index in [-0.39, 0.29) is 20.4 Å². The van der Waals surface area contributed by atoms with Gasteiger partial charge in [-0.1, -0.05) is 471 Å². The summed E-state index contributed by atoms with van der Waals surface area (Å²) in [5.41, 5.74) is 4.15. The van der Waals surface area contributed by atoms with Gasteiger partial charge in [-0.25, -0.2) is 0 Å². The van der Waals surface area contributed by atoms with E-state index in [1.807, 2.05) is 66.7 Å². The Morgan fingerprint density at radius 3 is 0.560 bits per heavy atom. The molecule has 0 heterocycles. The number of aldehydes is 2. The molecule has 0 saturated carbocycles. The minimum Gasteiger partial charge on any atom is -0.423 e. The van der Waals surface area contributed by atoms with Gasteiger partial charge in [0.2, 0.25) is 0 Å². The Hall–Kier alpha value is -10.3. The zero-order valence-electron chi connectivity index (χ0n) is 60.0. The molecule has 0 bridgehead atoms. The smallest absolute Gasteiger partial charge is 0.423 e. The summed E-state index contributed by atoms with van der Waals surface area (Å²) in [6, 6.07) is 163. The van der Waals surface area contributed by atoms with E-state index >= 15 is 0 Å². The second-order valence-electron chi connectivity index (χ2n) is 23.9. The first-order valence-corrected chi connectivity index (χ1v) is 41.5. The summed E-state index contributed by atoms with van der Waals surface area (Å²) < 4.78 is 0.937. The van der Waals surface area contributed by atoms with Gasteiger partial charge in [0.1, 0.15) is 12.6 Å². The molecule has 0 fully saturated rings. The Kier molecular flexibility index (Phi) is 36.1. The molecule has 0 aromatic heterocycles. The third-order valence-corrected chi connectivity index (χ3v) is 26.7. The van der Waals surface area contributed by atoms with Gasteiger partial charge in [0.05, 0.1) is 0 Å². The Balaban J connectivity index is 0.000000149. The minimum absolute atomic E-state index is 0. The third-order valence-electron chi connectivity index (χ3n) is 16.4. The summed E-state index contributed by atoms with van der Waals surface area (Å²) in [5.74, 6) is 0. The topological polar surface area (TPSA) is 74.6 Å². The largest absolute Gasteiger partial charge is 0.488 e. The van der Waals surface area contributed by atoms with Crippen LogP contribution in [0.15, 0.2) is 478 Å². The number of halogens is 1. The number of carbonyl (C=O) groups is 2. The van der Waals surface area contributed by atoms with Crippen LogP contribution < -0.4 is 69.1 Å². The van der Waals surface area contributed by atoms with Gasteiger partial charge in [-0.2, -0.15) is 0 Å². The van der Waals surface area contributed by atoms with Crippen molar-refractivity contribution in [2.24, 2.45) is 0 Å². The van der Waals surface area contributed by atoms with Gasteiger partial charge in [-0.3, -0.25) is 9.59 Å². The van der Waals surface area contributed by atoms with Crippen LogP contribution in [-0.4, -0.2) is 29.7 Å². The fraction of sp³-hybridized carbons (Fsp3) is 0. The summed E-state index contributed by atoms with van der Waals surface area (Å²) in [6.45, 7) is 0. The van der Waals surface area contributed by atoms with Gasteiger partial charge in [0.15, 0.2) is 0 Å². The van der Waals surface area contributed by atoms with Crippen molar-refractivity contribution in [3.63, 3.8) is 0 Å². The van der Waals surface area contributed by atoms with E-state index in [0.717, 1.165) is 28.2 Å². The summed E-state index contributed by atoms with van der Waals surface area (Å²) in [7, 11) is -3.13. The molecule has 0 spiro atoms. The molecule has 0 atom stereocenters. The van der Waals surface area contributed by atoms with Gasteiger partial charge in [0.25, 0.3) is 0 Å². The van der Waals surface area contributed by atoms with Crippen LogP contribution in [0.25, 0.3) is 11.1 Å². The molecular weight excluding hydrogens is 1560 g/mol. The second kappa shape index (κ2) is 47.5. The van der Waals surface area contributed by atoms with E-state index in [1.165, 1.54) is 63.7 Å². The quantitative estimate of drug-likeness (QED) is 0.0574. The molecule has 0 radical (unpaired) electrons. The molecule has 0 aliphatic carbocycles. The molecule has 0 amide bonds. The summed E-state index contributed by atoms with van der Waals surface area (Å²) >= 11 is 3.24. The summed E-state index contributed by atoms with van der Waals surface area (Å²) in [4.78, 5) is 20.7. The van der Waals surface area contributed by atoms with Gasteiger partial charge >= 0.3 is 7.12 Å².